The number of thiophene rings is 2. The predicted molar refractivity (Wildman–Crippen MR) is 113 cm³/mol. The van der Waals surface area contributed by atoms with Gasteiger partial charge in [-0.2, -0.15) is 5.10 Å². The first kappa shape index (κ1) is 18.6. The number of nitrogens with zero attached hydrogens (tertiary/aromatic N) is 3. The summed E-state index contributed by atoms with van der Waals surface area (Å²) in [5, 5.41) is 10.0. The quantitative estimate of drug-likeness (QED) is 0.632. The number of hydrogen-bond donors (Lipinski definition) is 0. The van der Waals surface area contributed by atoms with E-state index in [-0.39, 0.29) is 24.4 Å². The normalized spacial score (nSPS) is 16.1. The molecule has 2 amide bonds. The first-order valence-corrected chi connectivity index (χ1v) is 10.7. The monoisotopic (exact) mass is 409 g/mol. The molecule has 5 nitrogen and oxygen atoms in total. The number of carbonyl (C=O) groups excluding carboxylic acids is 2. The standard InChI is InChI=1S/C21H19N3O2S2/c1-23(21(26)19-10-6-12-28-19)14-20(25)24-17(15-7-3-2-4-8-15)13-16(22-24)18-9-5-11-27-18/h2-12,17H,13-14H2,1H3/t17-/m1/s1. The molecular weight excluding hydrogens is 390 g/mol. The van der Waals surface area contributed by atoms with Gasteiger partial charge in [0.2, 0.25) is 0 Å². The molecule has 2 aromatic heterocycles. The van der Waals surface area contributed by atoms with E-state index in [9.17, 15) is 9.59 Å². The molecule has 7 heteroatoms. The lowest BCUT2D eigenvalue weighted by atomic mass is 10.0. The summed E-state index contributed by atoms with van der Waals surface area (Å²) < 4.78 is 0. The number of benzene rings is 1. The van der Waals surface area contributed by atoms with Crippen LogP contribution in [0.2, 0.25) is 0 Å². The van der Waals surface area contributed by atoms with Crippen molar-refractivity contribution in [3.63, 3.8) is 0 Å². The molecule has 0 aliphatic carbocycles. The zero-order valence-electron chi connectivity index (χ0n) is 15.3. The van der Waals surface area contributed by atoms with Gasteiger partial charge in [0.15, 0.2) is 0 Å². The van der Waals surface area contributed by atoms with Crippen molar-refractivity contribution in [1.82, 2.24) is 9.91 Å². The fraction of sp³-hybridized carbons (Fsp3) is 0.190. The van der Waals surface area contributed by atoms with Gasteiger partial charge in [-0.3, -0.25) is 9.59 Å². The molecule has 1 atom stereocenters. The Labute approximate surface area is 171 Å². The SMILES string of the molecule is CN(CC(=O)N1N=C(c2cccs2)C[C@@H]1c1ccccc1)C(=O)c1cccs1. The maximum atomic E-state index is 13.1. The van der Waals surface area contributed by atoms with Gasteiger partial charge in [0.1, 0.15) is 6.54 Å². The maximum Gasteiger partial charge on any atom is 0.264 e. The molecule has 3 aromatic rings. The summed E-state index contributed by atoms with van der Waals surface area (Å²) in [6.45, 7) is -0.0126. The van der Waals surface area contributed by atoms with Gasteiger partial charge >= 0.3 is 0 Å². The van der Waals surface area contributed by atoms with E-state index >= 15 is 0 Å². The molecule has 0 fully saturated rings. The molecule has 0 saturated carbocycles. The van der Waals surface area contributed by atoms with Gasteiger partial charge in [0.05, 0.1) is 21.5 Å². The highest BCUT2D eigenvalue weighted by Gasteiger charge is 2.34. The molecular formula is C21H19N3O2S2. The van der Waals surface area contributed by atoms with Crippen LogP contribution in [0.3, 0.4) is 0 Å². The minimum Gasteiger partial charge on any atom is -0.332 e. The van der Waals surface area contributed by atoms with Crippen LogP contribution in [0.5, 0.6) is 0 Å². The van der Waals surface area contributed by atoms with E-state index in [2.05, 4.69) is 5.10 Å². The van der Waals surface area contributed by atoms with Crippen molar-refractivity contribution in [2.45, 2.75) is 12.5 Å². The summed E-state index contributed by atoms with van der Waals surface area (Å²) in [4.78, 5) is 28.7. The zero-order chi connectivity index (χ0) is 19.5. The Morgan fingerprint density at radius 1 is 1.07 bits per heavy atom. The highest BCUT2D eigenvalue weighted by Crippen LogP contribution is 2.33. The highest BCUT2D eigenvalue weighted by molar-refractivity contribution is 7.12. The van der Waals surface area contributed by atoms with Gasteiger partial charge in [-0.25, -0.2) is 5.01 Å². The summed E-state index contributed by atoms with van der Waals surface area (Å²) in [5.74, 6) is -0.339. The van der Waals surface area contributed by atoms with Gasteiger partial charge in [0, 0.05) is 13.5 Å². The van der Waals surface area contributed by atoms with E-state index < -0.39 is 0 Å². The Hall–Kier alpha value is -2.77. The van der Waals surface area contributed by atoms with Crippen molar-refractivity contribution in [1.29, 1.82) is 0 Å². The Bertz CT molecular complexity index is 982. The van der Waals surface area contributed by atoms with Crippen LogP contribution in [0, 0.1) is 0 Å². The number of hydrazone groups is 1. The van der Waals surface area contributed by atoms with Crippen molar-refractivity contribution >= 4 is 40.2 Å². The first-order valence-electron chi connectivity index (χ1n) is 8.91. The molecule has 3 heterocycles. The van der Waals surface area contributed by atoms with Gasteiger partial charge in [-0.15, -0.1) is 22.7 Å². The van der Waals surface area contributed by atoms with Crippen molar-refractivity contribution in [2.24, 2.45) is 5.10 Å². The third kappa shape index (κ3) is 3.76. The minimum absolute atomic E-state index is 0.0126. The van der Waals surface area contributed by atoms with Crippen molar-refractivity contribution in [3.8, 4) is 0 Å². The molecule has 1 aliphatic heterocycles. The number of carbonyl (C=O) groups is 2. The Balaban J connectivity index is 1.56. The second-order valence-electron chi connectivity index (χ2n) is 6.53. The molecule has 28 heavy (non-hydrogen) atoms. The molecule has 0 spiro atoms. The second-order valence-corrected chi connectivity index (χ2v) is 8.43. The zero-order valence-corrected chi connectivity index (χ0v) is 17.0. The van der Waals surface area contributed by atoms with Gasteiger partial charge < -0.3 is 4.90 Å². The Morgan fingerprint density at radius 2 is 1.82 bits per heavy atom. The van der Waals surface area contributed by atoms with Crippen LogP contribution < -0.4 is 0 Å². The summed E-state index contributed by atoms with van der Waals surface area (Å²) in [6, 6.07) is 17.4. The van der Waals surface area contributed by atoms with E-state index in [4.69, 9.17) is 0 Å². The molecule has 0 N–H and O–H groups in total. The van der Waals surface area contributed by atoms with Crippen LogP contribution in [0.4, 0.5) is 0 Å². The van der Waals surface area contributed by atoms with Crippen LogP contribution in [0.1, 0.15) is 32.6 Å². The summed E-state index contributed by atoms with van der Waals surface area (Å²) >= 11 is 2.99. The molecule has 4 rings (SSSR count). The number of hydrogen-bond acceptors (Lipinski definition) is 5. The van der Waals surface area contributed by atoms with E-state index in [1.807, 2.05) is 59.3 Å². The Morgan fingerprint density at radius 3 is 2.50 bits per heavy atom. The summed E-state index contributed by atoms with van der Waals surface area (Å²) in [6.07, 6.45) is 0.666. The molecule has 1 aliphatic rings. The van der Waals surface area contributed by atoms with Crippen LogP contribution in [-0.2, 0) is 4.79 Å². The van der Waals surface area contributed by atoms with Gasteiger partial charge in [-0.1, -0.05) is 42.5 Å². The van der Waals surface area contributed by atoms with Crippen LogP contribution in [-0.4, -0.2) is 41.0 Å². The average molecular weight is 410 g/mol. The average Bonchev–Trinajstić information content (AvgIpc) is 3.49. The van der Waals surface area contributed by atoms with E-state index in [0.717, 1.165) is 16.2 Å². The van der Waals surface area contributed by atoms with Crippen molar-refractivity contribution in [2.75, 3.05) is 13.6 Å². The molecule has 0 radical (unpaired) electrons. The van der Waals surface area contributed by atoms with Crippen LogP contribution in [0.15, 0.2) is 70.5 Å². The number of amides is 2. The fourth-order valence-electron chi connectivity index (χ4n) is 3.20. The lowest BCUT2D eigenvalue weighted by Gasteiger charge is -2.24. The minimum atomic E-state index is -0.187. The van der Waals surface area contributed by atoms with E-state index in [1.54, 1.807) is 29.5 Å². The van der Waals surface area contributed by atoms with Crippen molar-refractivity contribution in [3.05, 3.63) is 80.7 Å². The van der Waals surface area contributed by atoms with Gasteiger partial charge in [-0.05, 0) is 28.5 Å². The second kappa shape index (κ2) is 8.08. The lowest BCUT2D eigenvalue weighted by Crippen LogP contribution is -2.39. The fourth-order valence-corrected chi connectivity index (χ4v) is 4.64. The molecule has 0 saturated heterocycles. The number of rotatable bonds is 5. The summed E-state index contributed by atoms with van der Waals surface area (Å²) in [7, 11) is 1.65. The molecule has 0 bridgehead atoms. The molecule has 0 unspecified atom stereocenters. The van der Waals surface area contributed by atoms with Crippen LogP contribution >= 0.6 is 22.7 Å². The topological polar surface area (TPSA) is 53.0 Å². The number of likely N-dealkylation sites (N-methyl/N-ethyl adjacent to an activating group) is 1. The van der Waals surface area contributed by atoms with E-state index in [0.29, 0.717) is 11.3 Å². The predicted octanol–water partition coefficient (Wildman–Crippen LogP) is 4.26. The van der Waals surface area contributed by atoms with Crippen LogP contribution in [0.25, 0.3) is 0 Å². The third-order valence-electron chi connectivity index (χ3n) is 4.61. The Kier molecular flexibility index (Phi) is 5.36. The first-order chi connectivity index (χ1) is 13.6. The van der Waals surface area contributed by atoms with Gasteiger partial charge in [0.25, 0.3) is 11.8 Å². The maximum absolute atomic E-state index is 13.1. The lowest BCUT2D eigenvalue weighted by molar-refractivity contribution is -0.133. The highest BCUT2D eigenvalue weighted by atomic mass is 32.1. The third-order valence-corrected chi connectivity index (χ3v) is 6.38. The van der Waals surface area contributed by atoms with E-state index in [1.165, 1.54) is 16.2 Å². The molecule has 1 aromatic carbocycles. The smallest absolute Gasteiger partial charge is 0.264 e. The van der Waals surface area contributed by atoms with Crippen molar-refractivity contribution < 1.29 is 9.59 Å². The largest absolute Gasteiger partial charge is 0.332 e. The summed E-state index contributed by atoms with van der Waals surface area (Å²) in [5.41, 5.74) is 1.95. The molecule has 142 valence electrons.